The van der Waals surface area contributed by atoms with E-state index in [4.69, 9.17) is 4.74 Å². The van der Waals surface area contributed by atoms with Gasteiger partial charge in [-0.25, -0.2) is 0 Å². The molecule has 1 saturated heterocycles. The molecule has 0 saturated carbocycles. The van der Waals surface area contributed by atoms with Gasteiger partial charge in [0.25, 0.3) is 0 Å². The van der Waals surface area contributed by atoms with Crippen molar-refractivity contribution in [2.75, 3.05) is 31.5 Å². The van der Waals surface area contributed by atoms with Gasteiger partial charge in [-0.3, -0.25) is 9.69 Å². The number of anilines is 1. The van der Waals surface area contributed by atoms with Crippen molar-refractivity contribution in [3.8, 4) is 0 Å². The number of ether oxygens (including phenoxy) is 1. The van der Waals surface area contributed by atoms with Gasteiger partial charge in [-0.05, 0) is 44.0 Å². The first-order valence-corrected chi connectivity index (χ1v) is 7.39. The number of carbonyl (C=O) groups is 1. The Kier molecular flexibility index (Phi) is 3.76. The lowest BCUT2D eigenvalue weighted by Gasteiger charge is -2.34. The Morgan fingerprint density at radius 3 is 2.85 bits per heavy atom. The van der Waals surface area contributed by atoms with Crippen molar-refractivity contribution < 1.29 is 9.53 Å². The topological polar surface area (TPSA) is 41.6 Å². The van der Waals surface area contributed by atoms with E-state index in [0.29, 0.717) is 6.54 Å². The van der Waals surface area contributed by atoms with Crippen molar-refractivity contribution in [1.29, 1.82) is 0 Å². The molecule has 1 N–H and O–H groups in total. The number of nitrogens with one attached hydrogen (secondary N) is 1. The number of rotatable bonds is 3. The van der Waals surface area contributed by atoms with Gasteiger partial charge in [-0.1, -0.05) is 0 Å². The summed E-state index contributed by atoms with van der Waals surface area (Å²) in [4.78, 5) is 14.6. The zero-order chi connectivity index (χ0) is 14.1. The highest BCUT2D eigenvalue weighted by atomic mass is 16.5. The molecule has 1 aromatic rings. The van der Waals surface area contributed by atoms with Gasteiger partial charge >= 0.3 is 0 Å². The van der Waals surface area contributed by atoms with Gasteiger partial charge in [0.05, 0.1) is 18.8 Å². The third-order valence-corrected chi connectivity index (χ3v) is 4.00. The van der Waals surface area contributed by atoms with Crippen LogP contribution in [0.15, 0.2) is 18.2 Å². The van der Waals surface area contributed by atoms with Crippen molar-refractivity contribution in [2.24, 2.45) is 0 Å². The Labute approximate surface area is 120 Å². The van der Waals surface area contributed by atoms with E-state index in [1.807, 2.05) is 18.2 Å². The average molecular weight is 274 g/mol. The summed E-state index contributed by atoms with van der Waals surface area (Å²) >= 11 is 0. The summed E-state index contributed by atoms with van der Waals surface area (Å²) in [6.07, 6.45) is 1.42. The second-order valence-corrected chi connectivity index (χ2v) is 5.92. The van der Waals surface area contributed by atoms with E-state index in [2.05, 4.69) is 24.1 Å². The first kappa shape index (κ1) is 13.6. The minimum absolute atomic E-state index is 0.204. The van der Waals surface area contributed by atoms with Crippen LogP contribution < -0.4 is 5.32 Å². The minimum Gasteiger partial charge on any atom is -0.384 e. The number of nitrogens with zero attached hydrogens (tertiary/aromatic N) is 1. The van der Waals surface area contributed by atoms with E-state index in [9.17, 15) is 4.79 Å². The number of benzene rings is 1. The lowest BCUT2D eigenvalue weighted by Crippen LogP contribution is -2.47. The van der Waals surface area contributed by atoms with Gasteiger partial charge in [0.15, 0.2) is 5.78 Å². The number of carbonyl (C=O) groups excluding carboxylic acids is 1. The molecule has 0 spiro atoms. The molecule has 3 rings (SSSR count). The van der Waals surface area contributed by atoms with Gasteiger partial charge < -0.3 is 10.1 Å². The molecule has 4 nitrogen and oxygen atoms in total. The zero-order valence-electron chi connectivity index (χ0n) is 12.2. The predicted octanol–water partition coefficient (Wildman–Crippen LogP) is 1.95. The minimum atomic E-state index is 0.204. The van der Waals surface area contributed by atoms with Crippen molar-refractivity contribution >= 4 is 11.5 Å². The van der Waals surface area contributed by atoms with E-state index >= 15 is 0 Å². The molecule has 1 fully saturated rings. The van der Waals surface area contributed by atoms with Crippen LogP contribution in [-0.4, -0.2) is 49.1 Å². The van der Waals surface area contributed by atoms with E-state index < -0.39 is 0 Å². The molecule has 2 atom stereocenters. The van der Waals surface area contributed by atoms with Crippen LogP contribution in [0.5, 0.6) is 0 Å². The SMILES string of the molecule is CC1CN(CC(=O)c2ccc3c(c2)CCN3)CC(C)O1. The molecule has 1 aromatic carbocycles. The summed E-state index contributed by atoms with van der Waals surface area (Å²) in [6, 6.07) is 6.01. The molecule has 20 heavy (non-hydrogen) atoms. The van der Waals surface area contributed by atoms with Crippen LogP contribution in [0.3, 0.4) is 0 Å². The molecule has 0 bridgehead atoms. The van der Waals surface area contributed by atoms with Crippen LogP contribution in [-0.2, 0) is 11.2 Å². The fraction of sp³-hybridized carbons (Fsp3) is 0.562. The number of Topliss-reactive ketones (excluding diaryl/α,β-unsaturated/α-hetero) is 1. The Morgan fingerprint density at radius 1 is 1.35 bits per heavy atom. The average Bonchev–Trinajstić information content (AvgIpc) is 2.84. The molecule has 2 heterocycles. The summed E-state index contributed by atoms with van der Waals surface area (Å²) in [5, 5.41) is 3.32. The van der Waals surface area contributed by atoms with Crippen molar-refractivity contribution in [3.05, 3.63) is 29.3 Å². The third-order valence-electron chi connectivity index (χ3n) is 4.00. The molecule has 2 aliphatic rings. The standard InChI is InChI=1S/C16H22N2O2/c1-11-8-18(9-12(2)20-11)10-16(19)14-3-4-15-13(7-14)5-6-17-15/h3-4,7,11-12,17H,5-6,8-10H2,1-2H3. The number of ketones is 1. The van der Waals surface area contributed by atoms with Crippen LogP contribution in [0.25, 0.3) is 0 Å². The Morgan fingerprint density at radius 2 is 2.10 bits per heavy atom. The van der Waals surface area contributed by atoms with Crippen LogP contribution in [0.1, 0.15) is 29.8 Å². The van der Waals surface area contributed by atoms with E-state index in [1.165, 1.54) is 11.3 Å². The largest absolute Gasteiger partial charge is 0.384 e. The molecule has 0 amide bonds. The monoisotopic (exact) mass is 274 g/mol. The molecule has 2 unspecified atom stereocenters. The van der Waals surface area contributed by atoms with Crippen molar-refractivity contribution in [2.45, 2.75) is 32.5 Å². The molecule has 0 aliphatic carbocycles. The van der Waals surface area contributed by atoms with Gasteiger partial charge in [0.1, 0.15) is 0 Å². The molecular formula is C16H22N2O2. The maximum Gasteiger partial charge on any atom is 0.176 e. The second kappa shape index (κ2) is 5.54. The van der Waals surface area contributed by atoms with E-state index in [0.717, 1.165) is 31.6 Å². The highest BCUT2D eigenvalue weighted by Crippen LogP contribution is 2.23. The number of fused-ring (bicyclic) bond motifs is 1. The van der Waals surface area contributed by atoms with E-state index in [1.54, 1.807) is 0 Å². The Bertz CT molecular complexity index is 505. The summed E-state index contributed by atoms with van der Waals surface area (Å²) in [7, 11) is 0. The first-order valence-electron chi connectivity index (χ1n) is 7.39. The molecule has 4 heteroatoms. The highest BCUT2D eigenvalue weighted by molar-refractivity contribution is 5.98. The number of hydrogen-bond acceptors (Lipinski definition) is 4. The number of hydrogen-bond donors (Lipinski definition) is 1. The Hall–Kier alpha value is -1.39. The lowest BCUT2D eigenvalue weighted by atomic mass is 10.0. The maximum atomic E-state index is 12.4. The van der Waals surface area contributed by atoms with Crippen molar-refractivity contribution in [3.63, 3.8) is 0 Å². The molecule has 0 radical (unpaired) electrons. The van der Waals surface area contributed by atoms with Gasteiger partial charge in [0.2, 0.25) is 0 Å². The molecule has 108 valence electrons. The van der Waals surface area contributed by atoms with Gasteiger partial charge in [-0.15, -0.1) is 0 Å². The molecular weight excluding hydrogens is 252 g/mol. The lowest BCUT2D eigenvalue weighted by molar-refractivity contribution is -0.0652. The fourth-order valence-corrected chi connectivity index (χ4v) is 3.19. The highest BCUT2D eigenvalue weighted by Gasteiger charge is 2.24. The van der Waals surface area contributed by atoms with Crippen LogP contribution in [0.4, 0.5) is 5.69 Å². The van der Waals surface area contributed by atoms with Crippen LogP contribution >= 0.6 is 0 Å². The summed E-state index contributed by atoms with van der Waals surface area (Å²) < 4.78 is 5.70. The van der Waals surface area contributed by atoms with Gasteiger partial charge in [0, 0.05) is 30.9 Å². The predicted molar refractivity (Wildman–Crippen MR) is 79.4 cm³/mol. The molecule has 2 aliphatic heterocycles. The van der Waals surface area contributed by atoms with Crippen molar-refractivity contribution in [1.82, 2.24) is 4.90 Å². The zero-order valence-corrected chi connectivity index (χ0v) is 12.2. The second-order valence-electron chi connectivity index (χ2n) is 5.92. The normalized spacial score (nSPS) is 26.1. The third kappa shape index (κ3) is 2.86. The summed E-state index contributed by atoms with van der Waals surface area (Å²) in [5.74, 6) is 0.209. The van der Waals surface area contributed by atoms with Crippen LogP contribution in [0.2, 0.25) is 0 Å². The maximum absolute atomic E-state index is 12.4. The van der Waals surface area contributed by atoms with E-state index in [-0.39, 0.29) is 18.0 Å². The van der Waals surface area contributed by atoms with Gasteiger partial charge in [-0.2, -0.15) is 0 Å². The quantitative estimate of drug-likeness (QED) is 0.855. The fourth-order valence-electron chi connectivity index (χ4n) is 3.19. The first-order chi connectivity index (χ1) is 9.61. The smallest absolute Gasteiger partial charge is 0.176 e. The summed E-state index contributed by atoms with van der Waals surface area (Å²) in [5.41, 5.74) is 3.27. The molecule has 0 aromatic heterocycles. The Balaban J connectivity index is 1.67. The van der Waals surface area contributed by atoms with Crippen LogP contribution in [0, 0.1) is 0 Å². The summed E-state index contributed by atoms with van der Waals surface area (Å²) in [6.45, 7) is 7.27. The number of morpholine rings is 1.